The van der Waals surface area contributed by atoms with Crippen molar-refractivity contribution >= 4 is 17.5 Å². The summed E-state index contributed by atoms with van der Waals surface area (Å²) in [4.78, 5) is 6.21. The molecule has 1 aliphatic heterocycles. The number of halogens is 6. The molecule has 2 fully saturated rings. The highest BCUT2D eigenvalue weighted by atomic mass is 19.4. The Labute approximate surface area is 213 Å². The van der Waals surface area contributed by atoms with Gasteiger partial charge in [0.25, 0.3) is 0 Å². The number of alkyl halides is 6. The molecule has 0 bridgehead atoms. The summed E-state index contributed by atoms with van der Waals surface area (Å²) in [7, 11) is 0. The number of rotatable bonds is 7. The molecular formula is C24H26F6N6O2. The molecule has 8 nitrogen and oxygen atoms in total. The van der Waals surface area contributed by atoms with Crippen LogP contribution in [0.5, 0.6) is 5.75 Å². The number of pyridine rings is 1. The van der Waals surface area contributed by atoms with Gasteiger partial charge in [-0.25, -0.2) is 4.52 Å². The van der Waals surface area contributed by atoms with E-state index in [-0.39, 0.29) is 23.8 Å². The van der Waals surface area contributed by atoms with Crippen LogP contribution in [0.2, 0.25) is 0 Å². The van der Waals surface area contributed by atoms with Crippen molar-refractivity contribution in [2.45, 2.75) is 51.7 Å². The summed E-state index contributed by atoms with van der Waals surface area (Å²) in [6.45, 7) is 9.89. The monoisotopic (exact) mass is 544 g/mol. The van der Waals surface area contributed by atoms with Gasteiger partial charge in [-0.15, -0.1) is 11.7 Å². The number of nitrogens with one attached hydrogen (secondary N) is 1. The second-order valence-corrected chi connectivity index (χ2v) is 9.83. The van der Waals surface area contributed by atoms with Gasteiger partial charge in [-0.1, -0.05) is 18.2 Å². The number of hydrogen-bond donors (Lipinski definition) is 1. The van der Waals surface area contributed by atoms with Crippen LogP contribution < -0.4 is 15.0 Å². The summed E-state index contributed by atoms with van der Waals surface area (Å²) >= 11 is 0. The predicted molar refractivity (Wildman–Crippen MR) is 125 cm³/mol. The van der Waals surface area contributed by atoms with E-state index in [4.69, 9.17) is 9.26 Å². The van der Waals surface area contributed by atoms with Crippen LogP contribution in [0.1, 0.15) is 31.7 Å². The minimum absolute atomic E-state index is 0.0630. The summed E-state index contributed by atoms with van der Waals surface area (Å²) in [6.07, 6.45) is -9.27. The third-order valence-corrected chi connectivity index (χ3v) is 7.77. The van der Waals surface area contributed by atoms with Gasteiger partial charge in [0.1, 0.15) is 5.69 Å². The standard InChI is InChI=1S/C24H26F6N6O2/c1-5-22(6-2)15-11-35(18-9-12(3)34-38-18)10-14(15)19(22)31-21-32-20-16(37-13(4)23(25,26)27)7-8-17(24(28,29)30)36(20)33-21/h5,7-9,13-15,19H,1,6,10-11H2,2-4H3,(H,31,33)/t13?,14-,15?,19+,22-/m1/s1. The van der Waals surface area contributed by atoms with Crippen LogP contribution in [0, 0.1) is 24.2 Å². The van der Waals surface area contributed by atoms with E-state index in [1.807, 2.05) is 26.0 Å². The van der Waals surface area contributed by atoms with E-state index >= 15 is 0 Å². The van der Waals surface area contributed by atoms with E-state index in [2.05, 4.69) is 32.0 Å². The fourth-order valence-corrected chi connectivity index (χ4v) is 5.77. The molecule has 1 saturated carbocycles. The molecule has 2 unspecified atom stereocenters. The lowest BCUT2D eigenvalue weighted by atomic mass is 9.50. The summed E-state index contributed by atoms with van der Waals surface area (Å²) in [5.74, 6) is 0.262. The van der Waals surface area contributed by atoms with Crippen molar-refractivity contribution in [2.75, 3.05) is 23.3 Å². The zero-order valence-electron chi connectivity index (χ0n) is 20.8. The van der Waals surface area contributed by atoms with Gasteiger partial charge in [0.2, 0.25) is 11.8 Å². The highest BCUT2D eigenvalue weighted by Gasteiger charge is 2.63. The number of hydrogen-bond acceptors (Lipinski definition) is 7. The smallest absolute Gasteiger partial charge is 0.433 e. The van der Waals surface area contributed by atoms with E-state index in [1.165, 1.54) is 0 Å². The Balaban J connectivity index is 1.49. The van der Waals surface area contributed by atoms with Crippen molar-refractivity contribution in [3.05, 3.63) is 42.2 Å². The average molecular weight is 545 g/mol. The highest BCUT2D eigenvalue weighted by Crippen LogP contribution is 2.59. The summed E-state index contributed by atoms with van der Waals surface area (Å²) < 4.78 is 91.2. The Morgan fingerprint density at radius 3 is 2.58 bits per heavy atom. The second kappa shape index (κ2) is 8.80. The summed E-state index contributed by atoms with van der Waals surface area (Å²) in [5, 5.41) is 11.1. The highest BCUT2D eigenvalue weighted by molar-refractivity contribution is 5.58. The third-order valence-electron chi connectivity index (χ3n) is 7.77. The molecule has 1 saturated heterocycles. The van der Waals surface area contributed by atoms with Crippen molar-refractivity contribution in [1.82, 2.24) is 19.8 Å². The van der Waals surface area contributed by atoms with Crippen molar-refractivity contribution in [3.63, 3.8) is 0 Å². The molecule has 2 aliphatic rings. The normalized spacial score (nSPS) is 26.2. The molecule has 1 aliphatic carbocycles. The zero-order valence-corrected chi connectivity index (χ0v) is 20.8. The molecule has 5 rings (SSSR count). The Hall–Kier alpha value is -3.45. The molecule has 0 spiro atoms. The van der Waals surface area contributed by atoms with Gasteiger partial charge < -0.3 is 19.5 Å². The van der Waals surface area contributed by atoms with E-state index < -0.39 is 41.0 Å². The predicted octanol–water partition coefficient (Wildman–Crippen LogP) is 5.50. The lowest BCUT2D eigenvalue weighted by Crippen LogP contribution is -2.62. The Morgan fingerprint density at radius 1 is 1.26 bits per heavy atom. The molecule has 5 atom stereocenters. The minimum Gasteiger partial charge on any atom is -0.477 e. The molecule has 14 heteroatoms. The van der Waals surface area contributed by atoms with Crippen molar-refractivity contribution in [1.29, 1.82) is 0 Å². The zero-order chi connectivity index (χ0) is 27.6. The van der Waals surface area contributed by atoms with Crippen LogP contribution in [-0.4, -0.2) is 51.2 Å². The molecule has 3 aromatic heterocycles. The lowest BCUT2D eigenvalue weighted by Gasteiger charge is -2.57. The maximum atomic E-state index is 13.7. The maximum absolute atomic E-state index is 13.7. The lowest BCUT2D eigenvalue weighted by molar-refractivity contribution is -0.189. The molecule has 1 N–H and O–H groups in total. The van der Waals surface area contributed by atoms with Gasteiger partial charge in [0.05, 0.1) is 5.69 Å². The van der Waals surface area contributed by atoms with Crippen LogP contribution in [0.15, 0.2) is 35.4 Å². The number of aromatic nitrogens is 4. The average Bonchev–Trinajstić information content (AvgIpc) is 3.55. The molecule has 0 amide bonds. The maximum Gasteiger partial charge on any atom is 0.433 e. The number of aryl methyl sites for hydroxylation is 1. The summed E-state index contributed by atoms with van der Waals surface area (Å²) in [5.41, 5.74) is -1.33. The second-order valence-electron chi connectivity index (χ2n) is 9.83. The van der Waals surface area contributed by atoms with Gasteiger partial charge in [-0.05, 0) is 38.3 Å². The van der Waals surface area contributed by atoms with E-state index in [9.17, 15) is 26.3 Å². The topological polar surface area (TPSA) is 80.7 Å². The van der Waals surface area contributed by atoms with Gasteiger partial charge in [-0.2, -0.15) is 31.3 Å². The number of anilines is 2. The molecular weight excluding hydrogens is 518 g/mol. The first-order valence-corrected chi connectivity index (χ1v) is 12.1. The molecule has 38 heavy (non-hydrogen) atoms. The molecule has 0 radical (unpaired) electrons. The van der Waals surface area contributed by atoms with Gasteiger partial charge in [0, 0.05) is 36.5 Å². The minimum atomic E-state index is -4.82. The first-order chi connectivity index (χ1) is 17.8. The van der Waals surface area contributed by atoms with Crippen LogP contribution in [0.3, 0.4) is 0 Å². The number of ether oxygens (including phenoxy) is 1. The first-order valence-electron chi connectivity index (χ1n) is 12.1. The Kier molecular flexibility index (Phi) is 6.06. The van der Waals surface area contributed by atoms with E-state index in [1.54, 1.807) is 0 Å². The Morgan fingerprint density at radius 2 is 2.00 bits per heavy atom. The fourth-order valence-electron chi connectivity index (χ4n) is 5.77. The fraction of sp³-hybridized carbons (Fsp3) is 0.542. The van der Waals surface area contributed by atoms with Crippen molar-refractivity contribution < 1.29 is 35.6 Å². The van der Waals surface area contributed by atoms with Crippen LogP contribution in [0.4, 0.5) is 38.2 Å². The van der Waals surface area contributed by atoms with E-state index in [0.29, 0.717) is 36.0 Å². The van der Waals surface area contributed by atoms with E-state index in [0.717, 1.165) is 18.7 Å². The van der Waals surface area contributed by atoms with Gasteiger partial charge in [0.15, 0.2) is 17.5 Å². The molecule has 0 aromatic carbocycles. The Bertz CT molecular complexity index is 1350. The van der Waals surface area contributed by atoms with Crippen LogP contribution >= 0.6 is 0 Å². The van der Waals surface area contributed by atoms with Crippen LogP contribution in [0.25, 0.3) is 5.65 Å². The SMILES string of the molecule is C=C[C@@]1(CC)C2CN(c3cc(C)no3)C[C@H]2[C@@H]1Nc1nc2c(OC(C)C(F)(F)F)ccc(C(F)(F)F)n2n1. The van der Waals surface area contributed by atoms with Crippen molar-refractivity contribution in [3.8, 4) is 5.75 Å². The third kappa shape index (κ3) is 4.13. The number of fused-ring (bicyclic) bond motifs is 2. The molecule has 4 heterocycles. The summed E-state index contributed by atoms with van der Waals surface area (Å²) in [6, 6.07) is 3.00. The largest absolute Gasteiger partial charge is 0.477 e. The van der Waals surface area contributed by atoms with Crippen LogP contribution in [-0.2, 0) is 6.18 Å². The first kappa shape index (κ1) is 26.2. The van der Waals surface area contributed by atoms with Crippen molar-refractivity contribution in [2.24, 2.45) is 17.3 Å². The molecule has 3 aromatic rings. The van der Waals surface area contributed by atoms with Gasteiger partial charge >= 0.3 is 12.4 Å². The molecule has 206 valence electrons. The number of nitrogens with zero attached hydrogens (tertiary/aromatic N) is 5. The van der Waals surface area contributed by atoms with Gasteiger partial charge in [-0.3, -0.25) is 0 Å². The quantitative estimate of drug-likeness (QED) is 0.311.